The van der Waals surface area contributed by atoms with Crippen molar-refractivity contribution in [1.29, 1.82) is 0 Å². The number of phenols is 1. The molecular weight excluding hydrogens is 457 g/mol. The maximum atomic E-state index is 13.5. The summed E-state index contributed by atoms with van der Waals surface area (Å²) in [5, 5.41) is 23.2. The number of aliphatic hydroxyl groups excluding tert-OH is 1. The third kappa shape index (κ3) is 5.67. The lowest BCUT2D eigenvalue weighted by molar-refractivity contribution is -0.116. The molecule has 1 aromatic rings. The van der Waals surface area contributed by atoms with Crippen molar-refractivity contribution in [3.8, 4) is 5.75 Å². The third-order valence-corrected chi connectivity index (χ3v) is 7.98. The van der Waals surface area contributed by atoms with E-state index in [-0.39, 0.29) is 29.2 Å². The van der Waals surface area contributed by atoms with E-state index in [1.54, 1.807) is 13.0 Å². The Labute approximate surface area is 202 Å². The van der Waals surface area contributed by atoms with Crippen LogP contribution in [0.3, 0.4) is 0 Å². The smallest absolute Gasteiger partial charge is 0.284 e. The van der Waals surface area contributed by atoms with Crippen LogP contribution in [0.15, 0.2) is 35.7 Å². The van der Waals surface area contributed by atoms with E-state index in [9.17, 15) is 19.0 Å². The minimum absolute atomic E-state index is 0.0747. The molecule has 2 atom stereocenters. The van der Waals surface area contributed by atoms with E-state index < -0.39 is 5.66 Å². The van der Waals surface area contributed by atoms with E-state index in [0.717, 1.165) is 57.3 Å². The number of phenolic OH excluding ortho intramolecular Hbond substituents is 1. The Hall–Kier alpha value is -1.89. The molecule has 2 unspecified atom stereocenters. The van der Waals surface area contributed by atoms with Crippen LogP contribution in [-0.2, 0) is 5.66 Å². The van der Waals surface area contributed by atoms with Gasteiger partial charge in [0.25, 0.3) is 5.66 Å². The van der Waals surface area contributed by atoms with E-state index in [1.807, 2.05) is 0 Å². The van der Waals surface area contributed by atoms with Crippen LogP contribution < -0.4 is 16.8 Å². The van der Waals surface area contributed by atoms with Gasteiger partial charge in [0.1, 0.15) is 5.75 Å². The van der Waals surface area contributed by atoms with Crippen molar-refractivity contribution in [3.63, 3.8) is 0 Å². The second kappa shape index (κ2) is 9.63. The van der Waals surface area contributed by atoms with E-state index >= 15 is 0 Å². The predicted octanol–water partition coefficient (Wildman–Crippen LogP) is 3.41. The first-order chi connectivity index (χ1) is 15.9. The maximum Gasteiger partial charge on any atom is 0.284 e. The quantitative estimate of drug-likeness (QED) is 0.294. The molecule has 1 saturated heterocycles. The van der Waals surface area contributed by atoms with Crippen molar-refractivity contribution in [2.75, 3.05) is 19.6 Å². The molecule has 2 saturated carbocycles. The molecule has 9 heteroatoms. The molecule has 3 fully saturated rings. The number of nitrogens with zero attached hydrogens (tertiary/aromatic N) is 1. The second-order valence-corrected chi connectivity index (χ2v) is 11.4. The number of benzene rings is 1. The van der Waals surface area contributed by atoms with Crippen LogP contribution in [0.25, 0.3) is 5.70 Å². The summed E-state index contributed by atoms with van der Waals surface area (Å²) >= 11 is 0. The van der Waals surface area contributed by atoms with E-state index in [2.05, 4.69) is 10.2 Å². The van der Waals surface area contributed by atoms with Crippen LogP contribution in [0.2, 0.25) is 0 Å². The molecule has 34 heavy (non-hydrogen) atoms. The van der Waals surface area contributed by atoms with E-state index in [0.29, 0.717) is 22.4 Å². The highest BCUT2D eigenvalue weighted by Crippen LogP contribution is 2.58. The number of aliphatic hydroxyl groups is 1. The fourth-order valence-corrected chi connectivity index (χ4v) is 6.22. The third-order valence-electron chi connectivity index (χ3n) is 7.64. The van der Waals surface area contributed by atoms with Gasteiger partial charge in [-0.05, 0) is 87.1 Å². The van der Waals surface area contributed by atoms with E-state index in [4.69, 9.17) is 11.5 Å². The molecule has 1 heterocycles. The summed E-state index contributed by atoms with van der Waals surface area (Å²) in [5.41, 5.74) is 10.7. The van der Waals surface area contributed by atoms with Crippen molar-refractivity contribution in [3.05, 3.63) is 46.8 Å². The number of likely N-dealkylation sites (tertiary alicyclic amines) is 1. The average molecular weight is 495 g/mol. The van der Waals surface area contributed by atoms with Crippen LogP contribution in [0, 0.1) is 11.3 Å². The highest BCUT2D eigenvalue weighted by atomic mass is 31.0. The average Bonchev–Trinajstić information content (AvgIpc) is 2.70. The highest BCUT2D eigenvalue weighted by Gasteiger charge is 2.52. The van der Waals surface area contributed by atoms with Gasteiger partial charge in [0, 0.05) is 36.0 Å². The Kier molecular flexibility index (Phi) is 7.14. The fraction of sp³-hybridized carbons (Fsp3) is 0.600. The number of nitrogens with two attached hydrogens (primary N) is 2. The summed E-state index contributed by atoms with van der Waals surface area (Å²) in [5.74, 6) is 0.925. The summed E-state index contributed by atoms with van der Waals surface area (Å²) in [6, 6.07) is 3.92. The Morgan fingerprint density at radius 3 is 2.62 bits per heavy atom. The molecule has 3 aliphatic rings. The maximum absolute atomic E-state index is 13.5. The number of aromatic hydroxyl groups is 1. The first-order valence-electron chi connectivity index (χ1n) is 12.1. The number of halogens is 2. The van der Waals surface area contributed by atoms with Gasteiger partial charge in [-0.25, -0.2) is 0 Å². The molecule has 6 nitrogen and oxygen atoms in total. The molecular formula is C25H37F2N4O2P. The summed E-state index contributed by atoms with van der Waals surface area (Å²) in [7, 11) is 1.46. The zero-order valence-electron chi connectivity index (χ0n) is 19.7. The van der Waals surface area contributed by atoms with Crippen molar-refractivity contribution in [1.82, 2.24) is 10.2 Å². The molecule has 1 spiro atoms. The van der Waals surface area contributed by atoms with Crippen LogP contribution in [0.4, 0.5) is 8.78 Å². The van der Waals surface area contributed by atoms with Crippen LogP contribution in [-0.4, -0.2) is 46.9 Å². The van der Waals surface area contributed by atoms with Gasteiger partial charge in [0.05, 0.1) is 11.9 Å². The molecule has 2 aliphatic carbocycles. The van der Waals surface area contributed by atoms with Crippen LogP contribution >= 0.6 is 9.24 Å². The first kappa shape index (κ1) is 25.2. The Bertz CT molecular complexity index is 964. The molecule has 7 N–H and O–H groups in total. The molecule has 188 valence electrons. The molecule has 0 aromatic heterocycles. The summed E-state index contributed by atoms with van der Waals surface area (Å²) < 4.78 is 26.9. The number of piperidine rings is 1. The SMILES string of the molecule is CC(/C=C(\N)NC1CCCN(CC2CC3(CC(O)C3)C2)C1)=C(/N)c1ccc(C(F)(F)P)cc1O. The predicted molar refractivity (Wildman–Crippen MR) is 134 cm³/mol. The first-order valence-corrected chi connectivity index (χ1v) is 12.6. The summed E-state index contributed by atoms with van der Waals surface area (Å²) in [6.45, 7) is 4.92. The number of hydrogen-bond acceptors (Lipinski definition) is 6. The number of rotatable bonds is 7. The topological polar surface area (TPSA) is 108 Å². The van der Waals surface area contributed by atoms with Crippen molar-refractivity contribution in [2.45, 2.75) is 63.3 Å². The fourth-order valence-electron chi connectivity index (χ4n) is 6.04. The number of alkyl halides is 2. The highest BCUT2D eigenvalue weighted by molar-refractivity contribution is 7.17. The molecule has 1 aromatic carbocycles. The Balaban J connectivity index is 1.32. The lowest BCUT2D eigenvalue weighted by atomic mass is 9.50. The monoisotopic (exact) mass is 494 g/mol. The van der Waals surface area contributed by atoms with Gasteiger partial charge < -0.3 is 31.9 Å². The molecule has 4 rings (SSSR count). The molecule has 1 aliphatic heterocycles. The van der Waals surface area contributed by atoms with Crippen molar-refractivity contribution >= 4 is 14.9 Å². The van der Waals surface area contributed by atoms with Crippen molar-refractivity contribution in [2.24, 2.45) is 22.8 Å². The van der Waals surface area contributed by atoms with E-state index in [1.165, 1.54) is 34.2 Å². The minimum Gasteiger partial charge on any atom is -0.507 e. The van der Waals surface area contributed by atoms with Gasteiger partial charge in [-0.15, -0.1) is 0 Å². The zero-order valence-corrected chi connectivity index (χ0v) is 20.9. The minimum atomic E-state index is -3.12. The number of allylic oxidation sites excluding steroid dienone is 2. The normalized spacial score (nSPS) is 31.0. The largest absolute Gasteiger partial charge is 0.507 e. The Morgan fingerprint density at radius 1 is 1.29 bits per heavy atom. The van der Waals surface area contributed by atoms with Crippen molar-refractivity contribution < 1.29 is 19.0 Å². The van der Waals surface area contributed by atoms with Gasteiger partial charge >= 0.3 is 0 Å². The lowest BCUT2D eigenvalue weighted by Crippen LogP contribution is -2.54. The molecule has 0 bridgehead atoms. The lowest BCUT2D eigenvalue weighted by Gasteiger charge is -2.57. The Morgan fingerprint density at radius 2 is 2.00 bits per heavy atom. The standard InChI is InChI=1S/C25H37F2N4O2P/c1-15(23(29)20-5-4-17(8-21(20)33)25(26,27)34)7-22(28)30-18-3-2-6-31(14-18)13-16-9-24(10-16)11-19(32)12-24/h4-5,7-8,16,18-19,30,32-33H,2-3,6,9-14,28-29,34H2,1H3/b22-7+,23-15-. The van der Waals surface area contributed by atoms with Gasteiger partial charge in [-0.1, -0.05) is 15.3 Å². The van der Waals surface area contributed by atoms with Gasteiger partial charge in [-0.2, -0.15) is 8.78 Å². The van der Waals surface area contributed by atoms with Crippen LogP contribution in [0.1, 0.15) is 56.6 Å². The zero-order chi connectivity index (χ0) is 24.7. The number of nitrogens with one attached hydrogen (secondary N) is 1. The second-order valence-electron chi connectivity index (χ2n) is 10.6. The summed E-state index contributed by atoms with van der Waals surface area (Å²) in [6.07, 6.45) is 8.25. The van der Waals surface area contributed by atoms with Gasteiger partial charge in [0.2, 0.25) is 0 Å². The molecule has 0 amide bonds. The molecule has 0 radical (unpaired) electrons. The van der Waals surface area contributed by atoms with Crippen LogP contribution in [0.5, 0.6) is 5.75 Å². The number of hydrogen-bond donors (Lipinski definition) is 5. The van der Waals surface area contributed by atoms with Gasteiger partial charge in [0.15, 0.2) is 0 Å². The summed E-state index contributed by atoms with van der Waals surface area (Å²) in [4.78, 5) is 2.51. The van der Waals surface area contributed by atoms with Gasteiger partial charge in [-0.3, -0.25) is 0 Å².